The Labute approximate surface area is 200 Å². The van der Waals surface area contributed by atoms with E-state index in [1.54, 1.807) is 17.1 Å². The highest BCUT2D eigenvalue weighted by Crippen LogP contribution is 2.35. The van der Waals surface area contributed by atoms with Gasteiger partial charge >= 0.3 is 0 Å². The molecule has 174 valence electrons. The maximum Gasteiger partial charge on any atom is 0.145 e. The van der Waals surface area contributed by atoms with Crippen LogP contribution in [0.2, 0.25) is 0 Å². The maximum atomic E-state index is 6.02. The zero-order valence-corrected chi connectivity index (χ0v) is 19.8. The van der Waals surface area contributed by atoms with Crippen LogP contribution in [0.15, 0.2) is 79.3 Å². The van der Waals surface area contributed by atoms with Gasteiger partial charge in [-0.15, -0.1) is 0 Å². The van der Waals surface area contributed by atoms with Crippen LogP contribution in [0.4, 0.5) is 0 Å². The summed E-state index contributed by atoms with van der Waals surface area (Å²) in [4.78, 5) is 4.50. The van der Waals surface area contributed by atoms with Crippen LogP contribution in [-0.2, 0) is 12.5 Å². The Balaban J connectivity index is 1.24. The molecular weight excluding hydrogens is 424 g/mol. The van der Waals surface area contributed by atoms with Crippen LogP contribution >= 0.6 is 0 Å². The molecule has 4 aromatic rings. The molecule has 1 aliphatic carbocycles. The number of benzene rings is 2. The number of rotatable bonds is 7. The second kappa shape index (κ2) is 8.95. The van der Waals surface area contributed by atoms with Crippen molar-refractivity contribution >= 4 is 0 Å². The minimum absolute atomic E-state index is 0.150. The molecule has 0 radical (unpaired) electrons. The summed E-state index contributed by atoms with van der Waals surface area (Å²) in [6, 6.07) is 20.8. The van der Waals surface area contributed by atoms with Crippen molar-refractivity contribution in [1.82, 2.24) is 14.8 Å². The molecule has 0 saturated heterocycles. The largest absolute Gasteiger partial charge is 0.490 e. The van der Waals surface area contributed by atoms with Crippen molar-refractivity contribution in [3.63, 3.8) is 0 Å². The Kier molecular flexibility index (Phi) is 5.84. The molecule has 34 heavy (non-hydrogen) atoms. The highest BCUT2D eigenvalue weighted by molar-refractivity contribution is 5.57. The van der Waals surface area contributed by atoms with Crippen molar-refractivity contribution in [2.75, 3.05) is 0 Å². The Hall–Kier alpha value is -3.64. The number of aryl methyl sites for hydroxylation is 1. The highest BCUT2D eigenvalue weighted by Gasteiger charge is 2.28. The summed E-state index contributed by atoms with van der Waals surface area (Å²) < 4.78 is 13.8. The van der Waals surface area contributed by atoms with Gasteiger partial charge in [-0.05, 0) is 60.4 Å². The fraction of sp³-hybridized carbons (Fsp3) is 0.286. The first-order chi connectivity index (χ1) is 16.4. The first-order valence-corrected chi connectivity index (χ1v) is 11.6. The summed E-state index contributed by atoms with van der Waals surface area (Å²) in [6.45, 7) is 4.45. The number of aromatic nitrogens is 3. The average Bonchev–Trinajstić information content (AvgIpc) is 3.25. The highest BCUT2D eigenvalue weighted by atomic mass is 16.5. The molecule has 0 bridgehead atoms. The lowest BCUT2D eigenvalue weighted by molar-refractivity contribution is 0.101. The molecule has 2 N–H and O–H groups in total. The van der Waals surface area contributed by atoms with E-state index in [1.165, 1.54) is 11.1 Å². The molecule has 2 aromatic carbocycles. The van der Waals surface area contributed by atoms with E-state index in [0.29, 0.717) is 5.75 Å². The fourth-order valence-electron chi connectivity index (χ4n) is 4.25. The molecule has 6 nitrogen and oxygen atoms in total. The molecule has 2 aromatic heterocycles. The summed E-state index contributed by atoms with van der Waals surface area (Å²) >= 11 is 0. The van der Waals surface area contributed by atoms with Gasteiger partial charge < -0.3 is 15.2 Å². The minimum Gasteiger partial charge on any atom is -0.490 e. The standard InChI is InChI=1S/C28H30N4O2/c1-28(2,21-6-10-24(11-7-21)34-26-14-22(29)15-26)20-4-8-23(9-5-20)33-25-12-13-27(30-17-25)19-16-31-32(3)18-19/h4-13,16-18,22,26H,14-15,29H2,1-3H3/t22-,26-. The molecule has 1 saturated carbocycles. The van der Waals surface area contributed by atoms with Gasteiger partial charge in [0.15, 0.2) is 0 Å². The first-order valence-electron chi connectivity index (χ1n) is 11.6. The number of ether oxygens (including phenoxy) is 2. The van der Waals surface area contributed by atoms with Crippen LogP contribution in [0.1, 0.15) is 37.8 Å². The molecule has 1 fully saturated rings. The SMILES string of the molecule is Cn1cc(-c2ccc(Oc3ccc(C(C)(C)c4ccc(O[C@H]5C[C@H](N)C5)cc4)cc3)cn2)cn1. The summed E-state index contributed by atoms with van der Waals surface area (Å²) in [5.74, 6) is 2.38. The zero-order valence-electron chi connectivity index (χ0n) is 19.8. The molecule has 0 amide bonds. The van der Waals surface area contributed by atoms with E-state index in [4.69, 9.17) is 15.2 Å². The van der Waals surface area contributed by atoms with Crippen molar-refractivity contribution in [3.8, 4) is 28.5 Å². The van der Waals surface area contributed by atoms with Gasteiger partial charge in [0.2, 0.25) is 0 Å². The van der Waals surface area contributed by atoms with Gasteiger partial charge in [0, 0.05) is 30.3 Å². The Bertz CT molecular complexity index is 1240. The Morgan fingerprint density at radius 3 is 2.00 bits per heavy atom. The quantitative estimate of drug-likeness (QED) is 0.401. The third-order valence-corrected chi connectivity index (χ3v) is 6.56. The number of hydrogen-bond acceptors (Lipinski definition) is 5. The van der Waals surface area contributed by atoms with Crippen molar-refractivity contribution in [2.24, 2.45) is 12.8 Å². The van der Waals surface area contributed by atoms with Crippen molar-refractivity contribution in [2.45, 2.75) is 44.2 Å². The normalized spacial score (nSPS) is 17.8. The average molecular weight is 455 g/mol. The van der Waals surface area contributed by atoms with E-state index in [0.717, 1.165) is 35.6 Å². The smallest absolute Gasteiger partial charge is 0.145 e. The molecule has 5 rings (SSSR count). The van der Waals surface area contributed by atoms with Crippen molar-refractivity contribution in [3.05, 3.63) is 90.4 Å². The Morgan fingerprint density at radius 2 is 1.47 bits per heavy atom. The van der Waals surface area contributed by atoms with E-state index in [1.807, 2.05) is 37.5 Å². The molecule has 0 atom stereocenters. The number of pyridine rings is 1. The second-order valence-electron chi connectivity index (χ2n) is 9.53. The van der Waals surface area contributed by atoms with Gasteiger partial charge in [0.1, 0.15) is 23.4 Å². The van der Waals surface area contributed by atoms with Crippen LogP contribution in [-0.4, -0.2) is 26.9 Å². The minimum atomic E-state index is -0.150. The monoisotopic (exact) mass is 454 g/mol. The molecule has 0 spiro atoms. The van der Waals surface area contributed by atoms with Gasteiger partial charge in [-0.25, -0.2) is 0 Å². The Morgan fingerprint density at radius 1 is 0.853 bits per heavy atom. The summed E-state index contributed by atoms with van der Waals surface area (Å²) in [5.41, 5.74) is 9.99. The number of hydrogen-bond donors (Lipinski definition) is 1. The predicted molar refractivity (Wildman–Crippen MR) is 133 cm³/mol. The maximum absolute atomic E-state index is 6.02. The fourth-order valence-corrected chi connectivity index (χ4v) is 4.25. The number of nitrogens with two attached hydrogens (primary N) is 1. The van der Waals surface area contributed by atoms with Gasteiger partial charge in [0.05, 0.1) is 18.1 Å². The third-order valence-electron chi connectivity index (χ3n) is 6.56. The molecule has 0 aliphatic heterocycles. The van der Waals surface area contributed by atoms with Crippen LogP contribution < -0.4 is 15.2 Å². The van der Waals surface area contributed by atoms with Gasteiger partial charge in [-0.1, -0.05) is 38.1 Å². The molecule has 2 heterocycles. The molecule has 6 heteroatoms. The van der Waals surface area contributed by atoms with E-state index in [2.05, 4.69) is 60.3 Å². The topological polar surface area (TPSA) is 75.2 Å². The summed E-state index contributed by atoms with van der Waals surface area (Å²) in [7, 11) is 1.89. The lowest BCUT2D eigenvalue weighted by Gasteiger charge is -2.33. The summed E-state index contributed by atoms with van der Waals surface area (Å²) in [5, 5.41) is 4.19. The van der Waals surface area contributed by atoms with E-state index >= 15 is 0 Å². The second-order valence-corrected chi connectivity index (χ2v) is 9.53. The van der Waals surface area contributed by atoms with Gasteiger partial charge in [-0.3, -0.25) is 9.67 Å². The van der Waals surface area contributed by atoms with Crippen LogP contribution in [0.25, 0.3) is 11.3 Å². The zero-order chi connectivity index (χ0) is 23.7. The third kappa shape index (κ3) is 4.68. The van der Waals surface area contributed by atoms with Crippen LogP contribution in [0.5, 0.6) is 17.2 Å². The number of nitrogens with zero attached hydrogens (tertiary/aromatic N) is 3. The summed E-state index contributed by atoms with van der Waals surface area (Å²) in [6.07, 6.45) is 7.60. The molecule has 0 unspecified atom stereocenters. The molecule has 1 aliphatic rings. The first kappa shape index (κ1) is 22.2. The van der Waals surface area contributed by atoms with Crippen LogP contribution in [0, 0.1) is 0 Å². The van der Waals surface area contributed by atoms with Gasteiger partial charge in [0.25, 0.3) is 0 Å². The van der Waals surface area contributed by atoms with Crippen LogP contribution in [0.3, 0.4) is 0 Å². The van der Waals surface area contributed by atoms with Crippen molar-refractivity contribution in [1.29, 1.82) is 0 Å². The van der Waals surface area contributed by atoms with E-state index < -0.39 is 0 Å². The van der Waals surface area contributed by atoms with Gasteiger partial charge in [-0.2, -0.15) is 5.10 Å². The lowest BCUT2D eigenvalue weighted by Crippen LogP contribution is -2.43. The predicted octanol–water partition coefficient (Wildman–Crippen LogP) is 5.47. The van der Waals surface area contributed by atoms with E-state index in [-0.39, 0.29) is 17.6 Å². The lowest BCUT2D eigenvalue weighted by atomic mass is 9.78. The van der Waals surface area contributed by atoms with E-state index in [9.17, 15) is 0 Å². The molecular formula is C28H30N4O2. The van der Waals surface area contributed by atoms with Crippen molar-refractivity contribution < 1.29 is 9.47 Å².